The quantitative estimate of drug-likeness (QED) is 0.898. The summed E-state index contributed by atoms with van der Waals surface area (Å²) in [5.41, 5.74) is 8.79. The number of benzene rings is 1. The van der Waals surface area contributed by atoms with Gasteiger partial charge in [-0.1, -0.05) is 24.3 Å². The lowest BCUT2D eigenvalue weighted by Gasteiger charge is -2.33. The number of rotatable bonds is 3. The number of furan rings is 1. The van der Waals surface area contributed by atoms with Crippen molar-refractivity contribution in [2.24, 2.45) is 5.73 Å². The monoisotopic (exact) mass is 242 g/mol. The van der Waals surface area contributed by atoms with Gasteiger partial charge in [0.2, 0.25) is 0 Å². The molecule has 0 amide bonds. The maximum atomic E-state index is 5.91. The maximum Gasteiger partial charge on any atom is 0.122 e. The summed E-state index contributed by atoms with van der Waals surface area (Å²) < 4.78 is 5.51. The van der Waals surface area contributed by atoms with Crippen LogP contribution in [0.15, 0.2) is 47.1 Å². The van der Waals surface area contributed by atoms with Crippen molar-refractivity contribution in [1.82, 2.24) is 4.90 Å². The molecule has 2 aromatic rings. The number of hydrogen-bond acceptors (Lipinski definition) is 3. The zero-order valence-electron chi connectivity index (χ0n) is 10.4. The second-order valence-electron chi connectivity index (χ2n) is 4.76. The van der Waals surface area contributed by atoms with E-state index in [1.165, 1.54) is 11.1 Å². The molecule has 0 bridgehead atoms. The molecule has 1 aromatic heterocycles. The van der Waals surface area contributed by atoms with Gasteiger partial charge in [0.15, 0.2) is 0 Å². The Balaban J connectivity index is 1.82. The van der Waals surface area contributed by atoms with E-state index >= 15 is 0 Å². The zero-order chi connectivity index (χ0) is 12.4. The Morgan fingerprint density at radius 2 is 2.00 bits per heavy atom. The fourth-order valence-corrected chi connectivity index (χ4v) is 2.71. The van der Waals surface area contributed by atoms with Crippen molar-refractivity contribution in [3.8, 4) is 0 Å². The van der Waals surface area contributed by atoms with E-state index < -0.39 is 0 Å². The van der Waals surface area contributed by atoms with Gasteiger partial charge in [0.25, 0.3) is 0 Å². The summed E-state index contributed by atoms with van der Waals surface area (Å²) in [6.45, 7) is 2.59. The van der Waals surface area contributed by atoms with Crippen LogP contribution in [0.5, 0.6) is 0 Å². The molecule has 0 aliphatic carbocycles. The second kappa shape index (κ2) is 4.96. The third-order valence-corrected chi connectivity index (χ3v) is 3.70. The minimum absolute atomic E-state index is 0.188. The minimum atomic E-state index is 0.188. The van der Waals surface area contributed by atoms with Crippen LogP contribution in [0.25, 0.3) is 0 Å². The van der Waals surface area contributed by atoms with Crippen molar-refractivity contribution < 1.29 is 4.42 Å². The van der Waals surface area contributed by atoms with Crippen molar-refractivity contribution >= 4 is 0 Å². The Labute approximate surface area is 107 Å². The molecule has 0 saturated heterocycles. The first-order valence-corrected chi connectivity index (χ1v) is 6.43. The lowest BCUT2D eigenvalue weighted by Crippen LogP contribution is -2.37. The van der Waals surface area contributed by atoms with Gasteiger partial charge in [0, 0.05) is 19.6 Å². The van der Waals surface area contributed by atoms with Gasteiger partial charge in [0.1, 0.15) is 5.76 Å². The maximum absolute atomic E-state index is 5.91. The Hall–Kier alpha value is -1.58. The summed E-state index contributed by atoms with van der Waals surface area (Å²) in [6.07, 6.45) is 2.81. The average Bonchev–Trinajstić information content (AvgIpc) is 2.93. The van der Waals surface area contributed by atoms with Crippen molar-refractivity contribution in [3.05, 3.63) is 59.5 Å². The van der Waals surface area contributed by atoms with E-state index in [2.05, 4.69) is 29.2 Å². The molecule has 1 atom stereocenters. The molecule has 2 N–H and O–H groups in total. The van der Waals surface area contributed by atoms with E-state index in [1.807, 2.05) is 12.1 Å². The van der Waals surface area contributed by atoms with Gasteiger partial charge in [0.05, 0.1) is 12.3 Å². The fraction of sp³-hybridized carbons (Fsp3) is 0.333. The van der Waals surface area contributed by atoms with Gasteiger partial charge < -0.3 is 10.2 Å². The van der Waals surface area contributed by atoms with Crippen LogP contribution in [0.1, 0.15) is 22.9 Å². The van der Waals surface area contributed by atoms with Crippen LogP contribution in [0.2, 0.25) is 0 Å². The SMILES string of the molecule is NC[C@H](c1ccco1)N1CCc2ccccc2C1. The molecule has 1 aromatic carbocycles. The number of nitrogens with two attached hydrogens (primary N) is 1. The van der Waals surface area contributed by atoms with Gasteiger partial charge >= 0.3 is 0 Å². The molecule has 1 aliphatic rings. The van der Waals surface area contributed by atoms with Gasteiger partial charge in [-0.05, 0) is 29.7 Å². The standard InChI is InChI=1S/C15H18N2O/c16-10-14(15-6-3-9-18-15)17-8-7-12-4-1-2-5-13(12)11-17/h1-6,9,14H,7-8,10-11,16H2/t14-/m1/s1. The highest BCUT2D eigenvalue weighted by molar-refractivity contribution is 5.29. The molecule has 0 spiro atoms. The van der Waals surface area contributed by atoms with Crippen LogP contribution in [0.3, 0.4) is 0 Å². The summed E-state index contributed by atoms with van der Waals surface area (Å²) in [6, 6.07) is 12.8. The molecule has 3 rings (SSSR count). The van der Waals surface area contributed by atoms with E-state index in [-0.39, 0.29) is 6.04 Å². The summed E-state index contributed by atoms with van der Waals surface area (Å²) >= 11 is 0. The lowest BCUT2D eigenvalue weighted by molar-refractivity contribution is 0.163. The van der Waals surface area contributed by atoms with Crippen molar-refractivity contribution in [2.75, 3.05) is 13.1 Å². The molecule has 1 aliphatic heterocycles. The highest BCUT2D eigenvalue weighted by Crippen LogP contribution is 2.27. The summed E-state index contributed by atoms with van der Waals surface area (Å²) in [7, 11) is 0. The van der Waals surface area contributed by atoms with Gasteiger partial charge in [-0.15, -0.1) is 0 Å². The largest absolute Gasteiger partial charge is 0.468 e. The van der Waals surface area contributed by atoms with E-state index in [0.717, 1.165) is 25.3 Å². The van der Waals surface area contributed by atoms with Gasteiger partial charge in [-0.2, -0.15) is 0 Å². The summed E-state index contributed by atoms with van der Waals surface area (Å²) in [5.74, 6) is 0.969. The zero-order valence-corrected chi connectivity index (χ0v) is 10.4. The van der Waals surface area contributed by atoms with Crippen molar-refractivity contribution in [1.29, 1.82) is 0 Å². The molecule has 0 radical (unpaired) electrons. The first-order valence-electron chi connectivity index (χ1n) is 6.43. The third kappa shape index (κ3) is 2.07. The van der Waals surface area contributed by atoms with Crippen LogP contribution in [-0.2, 0) is 13.0 Å². The summed E-state index contributed by atoms with van der Waals surface area (Å²) in [5, 5.41) is 0. The van der Waals surface area contributed by atoms with Crippen molar-refractivity contribution in [3.63, 3.8) is 0 Å². The van der Waals surface area contributed by atoms with E-state index in [1.54, 1.807) is 6.26 Å². The predicted molar refractivity (Wildman–Crippen MR) is 71.1 cm³/mol. The van der Waals surface area contributed by atoms with E-state index in [0.29, 0.717) is 6.54 Å². The topological polar surface area (TPSA) is 42.4 Å². The fourth-order valence-electron chi connectivity index (χ4n) is 2.71. The summed E-state index contributed by atoms with van der Waals surface area (Å²) in [4.78, 5) is 2.40. The van der Waals surface area contributed by atoms with Gasteiger partial charge in [-0.25, -0.2) is 0 Å². The number of fused-ring (bicyclic) bond motifs is 1. The molecular weight excluding hydrogens is 224 g/mol. The predicted octanol–water partition coefficient (Wildman–Crippen LogP) is 2.34. The Kier molecular flexibility index (Phi) is 3.17. The van der Waals surface area contributed by atoms with E-state index in [4.69, 9.17) is 10.2 Å². The smallest absolute Gasteiger partial charge is 0.122 e. The highest BCUT2D eigenvalue weighted by Gasteiger charge is 2.25. The van der Waals surface area contributed by atoms with Crippen LogP contribution in [0, 0.1) is 0 Å². The molecule has 3 nitrogen and oxygen atoms in total. The molecule has 94 valence electrons. The Morgan fingerprint density at radius 3 is 2.72 bits per heavy atom. The highest BCUT2D eigenvalue weighted by atomic mass is 16.3. The molecule has 0 saturated carbocycles. The molecule has 2 heterocycles. The second-order valence-corrected chi connectivity index (χ2v) is 4.76. The normalized spacial score (nSPS) is 17.4. The molecular formula is C15H18N2O. The molecule has 3 heteroatoms. The van der Waals surface area contributed by atoms with Crippen LogP contribution in [0.4, 0.5) is 0 Å². The molecule has 18 heavy (non-hydrogen) atoms. The van der Waals surface area contributed by atoms with Crippen LogP contribution < -0.4 is 5.73 Å². The molecule has 0 unspecified atom stereocenters. The minimum Gasteiger partial charge on any atom is -0.468 e. The Bertz CT molecular complexity index is 507. The van der Waals surface area contributed by atoms with Gasteiger partial charge in [-0.3, -0.25) is 4.90 Å². The Morgan fingerprint density at radius 1 is 1.17 bits per heavy atom. The van der Waals surface area contributed by atoms with Crippen LogP contribution in [-0.4, -0.2) is 18.0 Å². The van der Waals surface area contributed by atoms with E-state index in [9.17, 15) is 0 Å². The first kappa shape index (κ1) is 11.5. The lowest BCUT2D eigenvalue weighted by atomic mass is 9.98. The van der Waals surface area contributed by atoms with Crippen molar-refractivity contribution in [2.45, 2.75) is 19.0 Å². The number of hydrogen-bond donors (Lipinski definition) is 1. The third-order valence-electron chi connectivity index (χ3n) is 3.70. The number of nitrogens with zero attached hydrogens (tertiary/aromatic N) is 1. The molecule has 0 fully saturated rings. The van der Waals surface area contributed by atoms with Crippen LogP contribution >= 0.6 is 0 Å². The average molecular weight is 242 g/mol. The first-order chi connectivity index (χ1) is 8.88.